The molecule has 18 heavy (non-hydrogen) atoms. The zero-order valence-corrected chi connectivity index (χ0v) is 13.0. The van der Waals surface area contributed by atoms with Gasteiger partial charge in [0.25, 0.3) is 0 Å². The van der Waals surface area contributed by atoms with E-state index in [1.807, 2.05) is 0 Å². The monoisotopic (exact) mass is 254 g/mol. The quantitative estimate of drug-likeness (QED) is 0.711. The molecule has 1 aliphatic rings. The minimum atomic E-state index is 0.694. The van der Waals surface area contributed by atoms with Crippen molar-refractivity contribution in [3.63, 3.8) is 0 Å². The van der Waals surface area contributed by atoms with E-state index in [0.29, 0.717) is 6.04 Å². The van der Waals surface area contributed by atoms with Crippen molar-refractivity contribution in [1.82, 2.24) is 10.2 Å². The summed E-state index contributed by atoms with van der Waals surface area (Å²) >= 11 is 0. The predicted octanol–water partition coefficient (Wildman–Crippen LogP) is 3.67. The molecule has 1 N–H and O–H groups in total. The van der Waals surface area contributed by atoms with Gasteiger partial charge in [-0.05, 0) is 58.0 Å². The van der Waals surface area contributed by atoms with Crippen LogP contribution >= 0.6 is 0 Å². The van der Waals surface area contributed by atoms with E-state index in [2.05, 4.69) is 38.0 Å². The van der Waals surface area contributed by atoms with Crippen LogP contribution in [0.15, 0.2) is 0 Å². The summed E-state index contributed by atoms with van der Waals surface area (Å²) in [7, 11) is 2.33. The molecule has 0 amide bonds. The maximum absolute atomic E-state index is 3.71. The van der Waals surface area contributed by atoms with Crippen molar-refractivity contribution in [1.29, 1.82) is 0 Å². The molecule has 1 unspecified atom stereocenters. The predicted molar refractivity (Wildman–Crippen MR) is 81.0 cm³/mol. The van der Waals surface area contributed by atoms with Crippen molar-refractivity contribution in [2.24, 2.45) is 5.92 Å². The van der Waals surface area contributed by atoms with Crippen LogP contribution in [0.1, 0.15) is 65.7 Å². The zero-order valence-electron chi connectivity index (χ0n) is 13.0. The van der Waals surface area contributed by atoms with Crippen molar-refractivity contribution in [3.05, 3.63) is 0 Å². The highest BCUT2D eigenvalue weighted by atomic mass is 15.2. The normalized spacial score (nSPS) is 26.5. The smallest absolute Gasteiger partial charge is 0.0194 e. The lowest BCUT2D eigenvalue weighted by Gasteiger charge is -2.35. The van der Waals surface area contributed by atoms with Crippen LogP contribution < -0.4 is 5.32 Å². The number of likely N-dealkylation sites (N-methyl/N-ethyl adjacent to an activating group) is 1. The highest BCUT2D eigenvalue weighted by Crippen LogP contribution is 2.26. The second kappa shape index (κ2) is 8.92. The van der Waals surface area contributed by atoms with Gasteiger partial charge < -0.3 is 10.2 Å². The van der Waals surface area contributed by atoms with Crippen molar-refractivity contribution in [2.45, 2.75) is 77.8 Å². The van der Waals surface area contributed by atoms with Gasteiger partial charge >= 0.3 is 0 Å². The van der Waals surface area contributed by atoms with Gasteiger partial charge in [0.05, 0.1) is 0 Å². The van der Waals surface area contributed by atoms with Crippen LogP contribution in [0.25, 0.3) is 0 Å². The highest BCUT2D eigenvalue weighted by molar-refractivity contribution is 4.79. The summed E-state index contributed by atoms with van der Waals surface area (Å²) in [4.78, 5) is 2.62. The summed E-state index contributed by atoms with van der Waals surface area (Å²) < 4.78 is 0. The fourth-order valence-electron chi connectivity index (χ4n) is 3.13. The Bertz CT molecular complexity index is 197. The zero-order chi connectivity index (χ0) is 13.4. The first-order valence-corrected chi connectivity index (χ1v) is 8.10. The van der Waals surface area contributed by atoms with Gasteiger partial charge in [0, 0.05) is 18.6 Å². The Balaban J connectivity index is 2.32. The summed E-state index contributed by atoms with van der Waals surface area (Å²) in [6, 6.07) is 1.53. The molecule has 108 valence electrons. The van der Waals surface area contributed by atoms with Crippen LogP contribution in [0.2, 0.25) is 0 Å². The SMILES string of the molecule is CCCNC(CCC)CN(C)C1CCC(C)CC1. The molecule has 0 aromatic carbocycles. The fraction of sp³-hybridized carbons (Fsp3) is 1.00. The van der Waals surface area contributed by atoms with E-state index in [1.54, 1.807) is 0 Å². The van der Waals surface area contributed by atoms with Crippen LogP contribution in [0.3, 0.4) is 0 Å². The van der Waals surface area contributed by atoms with Gasteiger partial charge in [0.1, 0.15) is 0 Å². The first-order valence-electron chi connectivity index (χ1n) is 8.10. The number of nitrogens with zero attached hydrogens (tertiary/aromatic N) is 1. The van der Waals surface area contributed by atoms with Crippen molar-refractivity contribution in [2.75, 3.05) is 20.1 Å². The third kappa shape index (κ3) is 5.71. The minimum Gasteiger partial charge on any atom is -0.313 e. The first-order chi connectivity index (χ1) is 8.67. The first kappa shape index (κ1) is 16.0. The second-order valence-electron chi connectivity index (χ2n) is 6.29. The van der Waals surface area contributed by atoms with Crippen LogP contribution in [-0.2, 0) is 0 Å². The van der Waals surface area contributed by atoms with Crippen molar-refractivity contribution >= 4 is 0 Å². The van der Waals surface area contributed by atoms with E-state index in [9.17, 15) is 0 Å². The average Bonchev–Trinajstić information content (AvgIpc) is 2.37. The van der Waals surface area contributed by atoms with E-state index in [1.165, 1.54) is 58.0 Å². The molecule has 0 radical (unpaired) electrons. The summed E-state index contributed by atoms with van der Waals surface area (Å²) in [5, 5.41) is 3.71. The van der Waals surface area contributed by atoms with Crippen molar-refractivity contribution < 1.29 is 0 Å². The summed E-state index contributed by atoms with van der Waals surface area (Å²) in [5.74, 6) is 0.958. The number of nitrogens with one attached hydrogen (secondary N) is 1. The van der Waals surface area contributed by atoms with E-state index in [0.717, 1.165) is 12.0 Å². The van der Waals surface area contributed by atoms with Gasteiger partial charge in [-0.1, -0.05) is 27.2 Å². The molecule has 0 aromatic rings. The lowest BCUT2D eigenvalue weighted by Crippen LogP contribution is -2.44. The van der Waals surface area contributed by atoms with Gasteiger partial charge in [-0.15, -0.1) is 0 Å². The third-order valence-corrected chi connectivity index (χ3v) is 4.44. The van der Waals surface area contributed by atoms with E-state index >= 15 is 0 Å². The van der Waals surface area contributed by atoms with Crippen LogP contribution in [0, 0.1) is 5.92 Å². The van der Waals surface area contributed by atoms with Gasteiger partial charge in [0.2, 0.25) is 0 Å². The topological polar surface area (TPSA) is 15.3 Å². The van der Waals surface area contributed by atoms with Crippen LogP contribution in [-0.4, -0.2) is 37.1 Å². The molecule has 0 saturated heterocycles. The molecule has 2 heteroatoms. The largest absolute Gasteiger partial charge is 0.313 e. The standard InChI is InChI=1S/C16H34N2/c1-5-7-15(17-12-6-2)13-18(4)16-10-8-14(3)9-11-16/h14-17H,5-13H2,1-4H3. The van der Waals surface area contributed by atoms with Gasteiger partial charge in [-0.3, -0.25) is 0 Å². The van der Waals surface area contributed by atoms with Gasteiger partial charge in [-0.2, -0.15) is 0 Å². The molecular weight excluding hydrogens is 220 g/mol. The Morgan fingerprint density at radius 3 is 2.33 bits per heavy atom. The summed E-state index contributed by atoms with van der Waals surface area (Å²) in [6.07, 6.45) is 9.51. The van der Waals surface area contributed by atoms with E-state index in [-0.39, 0.29) is 0 Å². The molecule has 0 spiro atoms. The molecule has 0 bridgehead atoms. The molecule has 0 aromatic heterocycles. The highest BCUT2D eigenvalue weighted by Gasteiger charge is 2.23. The van der Waals surface area contributed by atoms with Crippen LogP contribution in [0.5, 0.6) is 0 Å². The maximum atomic E-state index is 3.71. The fourth-order valence-corrected chi connectivity index (χ4v) is 3.13. The summed E-state index contributed by atoms with van der Waals surface area (Å²) in [6.45, 7) is 9.34. The molecule has 2 nitrogen and oxygen atoms in total. The van der Waals surface area contributed by atoms with E-state index < -0.39 is 0 Å². The number of hydrogen-bond acceptors (Lipinski definition) is 2. The second-order valence-corrected chi connectivity index (χ2v) is 6.29. The molecule has 0 aliphatic heterocycles. The molecule has 1 rings (SSSR count). The lowest BCUT2D eigenvalue weighted by atomic mass is 9.86. The van der Waals surface area contributed by atoms with Gasteiger partial charge in [0.15, 0.2) is 0 Å². The summed E-state index contributed by atoms with van der Waals surface area (Å²) in [5.41, 5.74) is 0. The lowest BCUT2D eigenvalue weighted by molar-refractivity contribution is 0.154. The Kier molecular flexibility index (Phi) is 7.92. The molecule has 1 saturated carbocycles. The Labute approximate surface area is 115 Å². The molecular formula is C16H34N2. The van der Waals surface area contributed by atoms with Crippen LogP contribution in [0.4, 0.5) is 0 Å². The minimum absolute atomic E-state index is 0.694. The van der Waals surface area contributed by atoms with Gasteiger partial charge in [-0.25, -0.2) is 0 Å². The Morgan fingerprint density at radius 1 is 1.11 bits per heavy atom. The number of hydrogen-bond donors (Lipinski definition) is 1. The Hall–Kier alpha value is -0.0800. The maximum Gasteiger partial charge on any atom is 0.0194 e. The Morgan fingerprint density at radius 2 is 1.78 bits per heavy atom. The third-order valence-electron chi connectivity index (χ3n) is 4.44. The number of rotatable bonds is 8. The molecule has 1 aliphatic carbocycles. The molecule has 0 heterocycles. The molecule has 1 fully saturated rings. The van der Waals surface area contributed by atoms with E-state index in [4.69, 9.17) is 0 Å². The van der Waals surface area contributed by atoms with Crippen molar-refractivity contribution in [3.8, 4) is 0 Å². The average molecular weight is 254 g/mol. The molecule has 1 atom stereocenters.